The van der Waals surface area contributed by atoms with E-state index in [1.165, 1.54) is 17.5 Å². The van der Waals surface area contributed by atoms with Gasteiger partial charge in [0.15, 0.2) is 0 Å². The SMILES string of the molecule is CCCN1C(C)=CC(C)N1C.c1ccc2ncccc2c1. The summed E-state index contributed by atoms with van der Waals surface area (Å²) in [6.07, 6.45) is 5.32. The minimum Gasteiger partial charge on any atom is -0.310 e. The van der Waals surface area contributed by atoms with Crippen molar-refractivity contribution in [3.05, 3.63) is 54.4 Å². The number of para-hydroxylation sites is 1. The van der Waals surface area contributed by atoms with Crippen molar-refractivity contribution in [1.29, 1.82) is 0 Å². The van der Waals surface area contributed by atoms with Gasteiger partial charge in [-0.05, 0) is 38.5 Å². The van der Waals surface area contributed by atoms with Gasteiger partial charge in [-0.25, -0.2) is 5.01 Å². The van der Waals surface area contributed by atoms with Gasteiger partial charge in [0.25, 0.3) is 0 Å². The first-order chi connectivity index (χ1) is 10.1. The van der Waals surface area contributed by atoms with Gasteiger partial charge >= 0.3 is 0 Å². The maximum Gasteiger partial charge on any atom is 0.0701 e. The van der Waals surface area contributed by atoms with Crippen molar-refractivity contribution >= 4 is 10.9 Å². The first kappa shape index (κ1) is 15.5. The number of pyridine rings is 1. The van der Waals surface area contributed by atoms with E-state index in [2.05, 4.69) is 61.0 Å². The summed E-state index contributed by atoms with van der Waals surface area (Å²) in [6, 6.07) is 12.7. The van der Waals surface area contributed by atoms with Crippen LogP contribution in [0.25, 0.3) is 10.9 Å². The Morgan fingerprint density at radius 1 is 1.14 bits per heavy atom. The Morgan fingerprint density at radius 2 is 1.86 bits per heavy atom. The van der Waals surface area contributed by atoms with Crippen LogP contribution in [0.5, 0.6) is 0 Å². The van der Waals surface area contributed by atoms with Crippen LogP contribution in [0, 0.1) is 0 Å². The third-order valence-corrected chi connectivity index (χ3v) is 3.81. The van der Waals surface area contributed by atoms with Crippen molar-refractivity contribution in [2.75, 3.05) is 13.6 Å². The first-order valence-electron chi connectivity index (χ1n) is 7.62. The zero-order valence-corrected chi connectivity index (χ0v) is 13.5. The number of hydrazine groups is 1. The van der Waals surface area contributed by atoms with Crippen LogP contribution < -0.4 is 0 Å². The van der Waals surface area contributed by atoms with Crippen molar-refractivity contribution in [2.24, 2.45) is 0 Å². The molecule has 1 aliphatic rings. The Labute approximate surface area is 127 Å². The molecule has 21 heavy (non-hydrogen) atoms. The molecular weight excluding hydrogens is 258 g/mol. The summed E-state index contributed by atoms with van der Waals surface area (Å²) in [5.41, 5.74) is 2.45. The highest BCUT2D eigenvalue weighted by molar-refractivity contribution is 5.77. The van der Waals surface area contributed by atoms with Crippen LogP contribution in [0.2, 0.25) is 0 Å². The lowest BCUT2D eigenvalue weighted by Crippen LogP contribution is -2.37. The van der Waals surface area contributed by atoms with E-state index in [9.17, 15) is 0 Å². The highest BCUT2D eigenvalue weighted by atomic mass is 15.6. The van der Waals surface area contributed by atoms with Gasteiger partial charge in [0, 0.05) is 36.9 Å². The van der Waals surface area contributed by atoms with Gasteiger partial charge in [-0.15, -0.1) is 0 Å². The van der Waals surface area contributed by atoms with Crippen LogP contribution >= 0.6 is 0 Å². The summed E-state index contributed by atoms with van der Waals surface area (Å²) in [5, 5.41) is 5.83. The molecule has 112 valence electrons. The molecule has 1 aromatic carbocycles. The second kappa shape index (κ2) is 7.23. The average Bonchev–Trinajstić information content (AvgIpc) is 2.75. The van der Waals surface area contributed by atoms with E-state index in [0.717, 1.165) is 12.1 Å². The van der Waals surface area contributed by atoms with E-state index in [4.69, 9.17) is 0 Å². The number of fused-ring (bicyclic) bond motifs is 1. The fraction of sp³-hybridized carbons (Fsp3) is 0.389. The lowest BCUT2D eigenvalue weighted by Gasteiger charge is -2.30. The minimum atomic E-state index is 0.571. The molecular formula is C18H25N3. The lowest BCUT2D eigenvalue weighted by molar-refractivity contribution is 0.0411. The van der Waals surface area contributed by atoms with Crippen LogP contribution in [-0.4, -0.2) is 34.6 Å². The summed E-state index contributed by atoms with van der Waals surface area (Å²) >= 11 is 0. The number of hydrogen-bond donors (Lipinski definition) is 0. The Hall–Kier alpha value is -1.87. The second-order valence-electron chi connectivity index (χ2n) is 5.44. The summed E-state index contributed by atoms with van der Waals surface area (Å²) < 4.78 is 0. The monoisotopic (exact) mass is 283 g/mol. The van der Waals surface area contributed by atoms with Gasteiger partial charge in [-0.1, -0.05) is 31.2 Å². The molecule has 1 aromatic heterocycles. The molecule has 1 aliphatic heterocycles. The molecule has 0 aliphatic carbocycles. The van der Waals surface area contributed by atoms with Crippen molar-refractivity contribution in [3.8, 4) is 0 Å². The molecule has 3 nitrogen and oxygen atoms in total. The minimum absolute atomic E-state index is 0.571. The summed E-state index contributed by atoms with van der Waals surface area (Å²) in [5.74, 6) is 0. The Balaban J connectivity index is 0.000000154. The van der Waals surface area contributed by atoms with Gasteiger partial charge in [0.2, 0.25) is 0 Å². The van der Waals surface area contributed by atoms with E-state index in [1.54, 1.807) is 0 Å². The zero-order chi connectivity index (χ0) is 15.2. The van der Waals surface area contributed by atoms with Gasteiger partial charge in [-0.2, -0.15) is 0 Å². The maximum absolute atomic E-state index is 4.18. The topological polar surface area (TPSA) is 19.4 Å². The number of allylic oxidation sites excluding steroid dienone is 1. The van der Waals surface area contributed by atoms with Crippen LogP contribution in [0.3, 0.4) is 0 Å². The fourth-order valence-corrected chi connectivity index (χ4v) is 2.57. The molecule has 1 unspecified atom stereocenters. The molecule has 3 heteroatoms. The van der Waals surface area contributed by atoms with Crippen molar-refractivity contribution in [3.63, 3.8) is 0 Å². The normalized spacial score (nSPS) is 18.4. The molecule has 0 saturated heterocycles. The van der Waals surface area contributed by atoms with Gasteiger partial charge in [0.1, 0.15) is 0 Å². The van der Waals surface area contributed by atoms with Crippen LogP contribution in [-0.2, 0) is 0 Å². The smallest absolute Gasteiger partial charge is 0.0701 e. The number of benzene rings is 1. The lowest BCUT2D eigenvalue weighted by atomic mass is 10.2. The Bertz CT molecular complexity index is 541. The quantitative estimate of drug-likeness (QED) is 0.827. The van der Waals surface area contributed by atoms with Crippen LogP contribution in [0.4, 0.5) is 0 Å². The fourth-order valence-electron chi connectivity index (χ4n) is 2.57. The van der Waals surface area contributed by atoms with E-state index in [0.29, 0.717) is 6.04 Å². The van der Waals surface area contributed by atoms with Gasteiger partial charge in [-0.3, -0.25) is 4.98 Å². The molecule has 0 radical (unpaired) electrons. The Kier molecular flexibility index (Phi) is 5.34. The van der Waals surface area contributed by atoms with Crippen molar-refractivity contribution in [1.82, 2.24) is 15.0 Å². The Morgan fingerprint density at radius 3 is 2.48 bits per heavy atom. The van der Waals surface area contributed by atoms with E-state index in [-0.39, 0.29) is 0 Å². The maximum atomic E-state index is 4.18. The van der Waals surface area contributed by atoms with Crippen molar-refractivity contribution < 1.29 is 0 Å². The molecule has 1 atom stereocenters. The molecule has 0 saturated carbocycles. The summed E-state index contributed by atoms with van der Waals surface area (Å²) in [7, 11) is 2.15. The predicted octanol–water partition coefficient (Wildman–Crippen LogP) is 4.09. The molecule has 3 rings (SSSR count). The predicted molar refractivity (Wildman–Crippen MR) is 89.7 cm³/mol. The number of likely N-dealkylation sites (N-methyl/N-ethyl adjacent to an activating group) is 1. The first-order valence-corrected chi connectivity index (χ1v) is 7.62. The third kappa shape index (κ3) is 3.82. The van der Waals surface area contributed by atoms with Crippen molar-refractivity contribution in [2.45, 2.75) is 33.2 Å². The van der Waals surface area contributed by atoms with Crippen LogP contribution in [0.15, 0.2) is 54.4 Å². The van der Waals surface area contributed by atoms with E-state index < -0.39 is 0 Å². The largest absolute Gasteiger partial charge is 0.310 e. The van der Waals surface area contributed by atoms with Gasteiger partial charge in [0.05, 0.1) is 5.52 Å². The summed E-state index contributed by atoms with van der Waals surface area (Å²) in [4.78, 5) is 4.18. The number of hydrogen-bond acceptors (Lipinski definition) is 3. The van der Waals surface area contributed by atoms with E-state index >= 15 is 0 Å². The molecule has 0 amide bonds. The standard InChI is InChI=1S/C9H18N2.C9H7N/c1-5-6-11-9(3)7-8(2)10(11)4;1-2-6-9-8(4-1)5-3-7-10-9/h7-8H,5-6H2,1-4H3;1-7H. The highest BCUT2D eigenvalue weighted by Crippen LogP contribution is 2.19. The molecule has 0 fully saturated rings. The van der Waals surface area contributed by atoms with E-state index in [1.807, 2.05) is 30.5 Å². The molecule has 0 bridgehead atoms. The van der Waals surface area contributed by atoms with Gasteiger partial charge < -0.3 is 5.01 Å². The summed E-state index contributed by atoms with van der Waals surface area (Å²) in [6.45, 7) is 7.75. The molecule has 2 heterocycles. The highest BCUT2D eigenvalue weighted by Gasteiger charge is 2.21. The zero-order valence-electron chi connectivity index (χ0n) is 13.5. The molecule has 0 N–H and O–H groups in total. The number of nitrogens with zero attached hydrogens (tertiary/aromatic N) is 3. The third-order valence-electron chi connectivity index (χ3n) is 3.81. The van der Waals surface area contributed by atoms with Crippen LogP contribution in [0.1, 0.15) is 27.2 Å². The average molecular weight is 283 g/mol. The number of aromatic nitrogens is 1. The molecule has 0 spiro atoms. The number of rotatable bonds is 2. The molecule has 2 aromatic rings. The second-order valence-corrected chi connectivity index (χ2v) is 5.44.